The molecule has 1 aliphatic carbocycles. The average molecular weight is 314 g/mol. The van der Waals surface area contributed by atoms with Crippen LogP contribution in [0.15, 0.2) is 48.5 Å². The summed E-state index contributed by atoms with van der Waals surface area (Å²) in [5.74, 6) is 0. The van der Waals surface area contributed by atoms with Crippen LogP contribution < -0.4 is 0 Å². The second-order valence-electron chi connectivity index (χ2n) is 5.94. The number of fused-ring (bicyclic) bond motifs is 3. The Morgan fingerprint density at radius 2 is 1.39 bits per heavy atom. The fraction of sp³-hybridized carbons (Fsp3) is 0.333. The molecular formula is C18H18O5. The zero-order valence-corrected chi connectivity index (χ0v) is 12.4. The van der Waals surface area contributed by atoms with Crippen molar-refractivity contribution in [2.75, 3.05) is 6.61 Å². The van der Waals surface area contributed by atoms with Gasteiger partial charge >= 0.3 is 0 Å². The van der Waals surface area contributed by atoms with E-state index in [-0.39, 0.29) is 12.7 Å². The second-order valence-corrected chi connectivity index (χ2v) is 5.94. The molecular weight excluding hydrogens is 296 g/mol. The van der Waals surface area contributed by atoms with Crippen LogP contribution in [-0.4, -0.2) is 46.5 Å². The first-order chi connectivity index (χ1) is 11.2. The first-order valence-electron chi connectivity index (χ1n) is 7.66. The number of aliphatic hydroxyl groups excluding tert-OH is 3. The fourth-order valence-electron chi connectivity index (χ4n) is 3.29. The zero-order valence-electron chi connectivity index (χ0n) is 12.4. The van der Waals surface area contributed by atoms with E-state index in [1.54, 1.807) is 0 Å². The van der Waals surface area contributed by atoms with Gasteiger partial charge in [-0.3, -0.25) is 0 Å². The van der Waals surface area contributed by atoms with Crippen molar-refractivity contribution in [1.82, 2.24) is 0 Å². The molecule has 0 aromatic heterocycles. The molecule has 0 bridgehead atoms. The van der Waals surface area contributed by atoms with Crippen LogP contribution in [0.25, 0.3) is 11.1 Å². The molecule has 1 saturated heterocycles. The maximum absolute atomic E-state index is 10.1. The molecule has 0 radical (unpaired) electrons. The Morgan fingerprint density at radius 1 is 0.826 bits per heavy atom. The Kier molecular flexibility index (Phi) is 3.67. The number of hydrogen-bond donors (Lipinski definition) is 3. The van der Waals surface area contributed by atoms with Crippen LogP contribution in [0, 0.1) is 0 Å². The second kappa shape index (κ2) is 5.70. The maximum Gasteiger partial charge on any atom is 0.187 e. The first-order valence-corrected chi connectivity index (χ1v) is 7.66. The number of aliphatic hydroxyl groups is 3. The van der Waals surface area contributed by atoms with Crippen molar-refractivity contribution in [1.29, 1.82) is 0 Å². The lowest BCUT2D eigenvalue weighted by Gasteiger charge is -2.36. The minimum atomic E-state index is -1.29. The molecule has 1 aliphatic heterocycles. The largest absolute Gasteiger partial charge is 0.388 e. The van der Waals surface area contributed by atoms with Gasteiger partial charge in [0.1, 0.15) is 24.4 Å². The summed E-state index contributed by atoms with van der Waals surface area (Å²) in [5.41, 5.74) is 4.20. The summed E-state index contributed by atoms with van der Waals surface area (Å²) in [5, 5.41) is 29.5. The summed E-state index contributed by atoms with van der Waals surface area (Å²) in [6, 6.07) is 15.9. The highest BCUT2D eigenvalue weighted by molar-refractivity contribution is 5.78. The molecule has 2 aliphatic rings. The summed E-state index contributed by atoms with van der Waals surface area (Å²) in [6.45, 7) is -0.0705. The van der Waals surface area contributed by atoms with Crippen LogP contribution in [0.5, 0.6) is 0 Å². The van der Waals surface area contributed by atoms with E-state index in [4.69, 9.17) is 9.47 Å². The predicted molar refractivity (Wildman–Crippen MR) is 82.6 cm³/mol. The Morgan fingerprint density at radius 3 is 2.00 bits per heavy atom. The molecule has 4 atom stereocenters. The third-order valence-corrected chi connectivity index (χ3v) is 4.50. The number of benzene rings is 2. The fourth-order valence-corrected chi connectivity index (χ4v) is 3.29. The van der Waals surface area contributed by atoms with Gasteiger partial charge in [0.2, 0.25) is 0 Å². The van der Waals surface area contributed by atoms with E-state index in [1.165, 1.54) is 0 Å². The third kappa shape index (κ3) is 2.38. The molecule has 4 rings (SSSR count). The third-order valence-electron chi connectivity index (χ3n) is 4.50. The lowest BCUT2D eigenvalue weighted by atomic mass is 10.0. The van der Waals surface area contributed by atoms with E-state index < -0.39 is 24.6 Å². The topological polar surface area (TPSA) is 79.2 Å². The molecule has 5 heteroatoms. The van der Waals surface area contributed by atoms with E-state index in [0.29, 0.717) is 0 Å². The van der Waals surface area contributed by atoms with Gasteiger partial charge in [0.15, 0.2) is 6.29 Å². The Labute approximate surface area is 133 Å². The quantitative estimate of drug-likeness (QED) is 0.776. The van der Waals surface area contributed by atoms with Gasteiger partial charge in [-0.2, -0.15) is 0 Å². The van der Waals surface area contributed by atoms with Crippen molar-refractivity contribution in [3.05, 3.63) is 59.7 Å². The molecule has 0 saturated carbocycles. The lowest BCUT2D eigenvalue weighted by Crippen LogP contribution is -2.53. The summed E-state index contributed by atoms with van der Waals surface area (Å²) >= 11 is 0. The maximum atomic E-state index is 10.1. The van der Waals surface area contributed by atoms with Crippen molar-refractivity contribution in [3.63, 3.8) is 0 Å². The highest BCUT2D eigenvalue weighted by Gasteiger charge is 2.41. The summed E-state index contributed by atoms with van der Waals surface area (Å²) in [7, 11) is 0. The lowest BCUT2D eigenvalue weighted by molar-refractivity contribution is -0.279. The van der Waals surface area contributed by atoms with E-state index in [2.05, 4.69) is 0 Å². The van der Waals surface area contributed by atoms with Gasteiger partial charge in [-0.05, 0) is 22.3 Å². The van der Waals surface area contributed by atoms with Crippen molar-refractivity contribution in [2.45, 2.75) is 30.7 Å². The summed E-state index contributed by atoms with van der Waals surface area (Å²) < 4.78 is 11.4. The van der Waals surface area contributed by atoms with Crippen molar-refractivity contribution in [3.8, 4) is 11.1 Å². The van der Waals surface area contributed by atoms with Gasteiger partial charge < -0.3 is 24.8 Å². The number of ether oxygens (including phenoxy) is 2. The molecule has 1 fully saturated rings. The Hall–Kier alpha value is -1.76. The number of rotatable bonds is 2. The monoisotopic (exact) mass is 314 g/mol. The number of hydrogen-bond acceptors (Lipinski definition) is 5. The summed E-state index contributed by atoms with van der Waals surface area (Å²) in [4.78, 5) is 0. The molecule has 2 aromatic carbocycles. The smallest absolute Gasteiger partial charge is 0.187 e. The van der Waals surface area contributed by atoms with Crippen LogP contribution in [0.1, 0.15) is 17.2 Å². The van der Waals surface area contributed by atoms with E-state index in [9.17, 15) is 15.3 Å². The molecule has 120 valence electrons. The van der Waals surface area contributed by atoms with Crippen molar-refractivity contribution in [2.24, 2.45) is 0 Å². The zero-order chi connectivity index (χ0) is 16.0. The van der Waals surface area contributed by atoms with Gasteiger partial charge in [0.25, 0.3) is 0 Å². The highest BCUT2D eigenvalue weighted by Crippen LogP contribution is 2.46. The van der Waals surface area contributed by atoms with E-state index >= 15 is 0 Å². The van der Waals surface area contributed by atoms with Crippen LogP contribution in [0.4, 0.5) is 0 Å². The van der Waals surface area contributed by atoms with Gasteiger partial charge in [0.05, 0.1) is 6.61 Å². The minimum Gasteiger partial charge on any atom is -0.388 e. The Balaban J connectivity index is 1.67. The van der Waals surface area contributed by atoms with E-state index in [1.807, 2.05) is 48.5 Å². The van der Waals surface area contributed by atoms with Crippen molar-refractivity contribution < 1.29 is 24.8 Å². The van der Waals surface area contributed by atoms with Gasteiger partial charge in [-0.1, -0.05) is 48.5 Å². The summed E-state index contributed by atoms with van der Waals surface area (Å²) in [6.07, 6.45) is -5.03. The average Bonchev–Trinajstić information content (AvgIpc) is 2.90. The molecule has 3 N–H and O–H groups in total. The normalized spacial score (nSPS) is 30.0. The van der Waals surface area contributed by atoms with Crippen LogP contribution in [0.2, 0.25) is 0 Å². The standard InChI is InChI=1S/C18H18O5/c19-14-9-22-18(16(21)15(14)20)23-17-12-7-3-1-5-10(12)11-6-2-4-8-13(11)17/h1-8,14-21H,9H2/t14-,15-,16+,18+/m0/s1. The molecule has 1 heterocycles. The van der Waals surface area contributed by atoms with Gasteiger partial charge in [0, 0.05) is 0 Å². The van der Waals surface area contributed by atoms with Crippen LogP contribution in [-0.2, 0) is 9.47 Å². The molecule has 0 amide bonds. The Bertz CT molecular complexity index is 671. The molecule has 5 nitrogen and oxygen atoms in total. The predicted octanol–water partition coefficient (Wildman–Crippen LogP) is 1.21. The van der Waals surface area contributed by atoms with Crippen LogP contribution in [0.3, 0.4) is 0 Å². The molecule has 0 unspecified atom stereocenters. The van der Waals surface area contributed by atoms with Crippen LogP contribution >= 0.6 is 0 Å². The van der Waals surface area contributed by atoms with Crippen molar-refractivity contribution >= 4 is 0 Å². The molecule has 0 spiro atoms. The highest BCUT2D eigenvalue weighted by atomic mass is 16.7. The van der Waals surface area contributed by atoms with Gasteiger partial charge in [-0.25, -0.2) is 0 Å². The molecule has 23 heavy (non-hydrogen) atoms. The molecule has 2 aromatic rings. The van der Waals surface area contributed by atoms with Gasteiger partial charge in [-0.15, -0.1) is 0 Å². The van der Waals surface area contributed by atoms with E-state index in [0.717, 1.165) is 22.3 Å². The first kappa shape index (κ1) is 14.8. The SMILES string of the molecule is O[C@@H]1[C@@H](O)[C@@H](OC2c3ccccc3-c3ccccc32)OC[C@@H]1O. The minimum absolute atomic E-state index is 0.0705.